The molecule has 0 saturated heterocycles. The molecule has 3 heteroatoms. The van der Waals surface area contributed by atoms with Gasteiger partial charge < -0.3 is 10.3 Å². The van der Waals surface area contributed by atoms with E-state index < -0.39 is 0 Å². The third-order valence-corrected chi connectivity index (χ3v) is 4.66. The van der Waals surface area contributed by atoms with Gasteiger partial charge in [-0.25, -0.2) is 0 Å². The second-order valence-corrected chi connectivity index (χ2v) is 6.24. The minimum Gasteiger partial charge on any atom is -0.356 e. The number of nitrogens with one attached hydrogen (secondary N) is 2. The SMILES string of the molecule is O=C(Cc1ccccc1)N[C@@H]1CCCc2c1[nH]c1ccccc21. The van der Waals surface area contributed by atoms with Gasteiger partial charge in [0.1, 0.15) is 0 Å². The van der Waals surface area contributed by atoms with Gasteiger partial charge in [0.05, 0.1) is 12.5 Å². The molecule has 1 amide bonds. The quantitative estimate of drug-likeness (QED) is 0.757. The van der Waals surface area contributed by atoms with E-state index in [2.05, 4.69) is 28.5 Å². The largest absolute Gasteiger partial charge is 0.356 e. The lowest BCUT2D eigenvalue weighted by molar-refractivity contribution is -0.121. The summed E-state index contributed by atoms with van der Waals surface area (Å²) < 4.78 is 0. The van der Waals surface area contributed by atoms with Crippen molar-refractivity contribution < 1.29 is 4.79 Å². The topological polar surface area (TPSA) is 44.9 Å². The van der Waals surface area contributed by atoms with Crippen LogP contribution in [0.1, 0.15) is 35.7 Å². The molecule has 0 bridgehead atoms. The van der Waals surface area contributed by atoms with Crippen LogP contribution < -0.4 is 5.32 Å². The highest BCUT2D eigenvalue weighted by molar-refractivity contribution is 5.85. The molecule has 0 spiro atoms. The molecule has 4 rings (SSSR count). The summed E-state index contributed by atoms with van der Waals surface area (Å²) in [6.45, 7) is 0. The van der Waals surface area contributed by atoms with E-state index in [1.165, 1.54) is 22.2 Å². The maximum Gasteiger partial charge on any atom is 0.224 e. The molecule has 23 heavy (non-hydrogen) atoms. The van der Waals surface area contributed by atoms with Crippen molar-refractivity contribution in [2.45, 2.75) is 31.7 Å². The normalized spacial score (nSPS) is 17.0. The lowest BCUT2D eigenvalue weighted by Crippen LogP contribution is -2.32. The Morgan fingerprint density at radius 2 is 1.87 bits per heavy atom. The summed E-state index contributed by atoms with van der Waals surface area (Å²) in [5.41, 5.74) is 4.79. The van der Waals surface area contributed by atoms with Gasteiger partial charge in [0, 0.05) is 16.6 Å². The first-order valence-corrected chi connectivity index (χ1v) is 8.24. The number of fused-ring (bicyclic) bond motifs is 3. The average Bonchev–Trinajstić information content (AvgIpc) is 2.96. The molecule has 1 heterocycles. The van der Waals surface area contributed by atoms with Crippen molar-refractivity contribution in [1.29, 1.82) is 0 Å². The Bertz CT molecular complexity index is 835. The summed E-state index contributed by atoms with van der Waals surface area (Å²) in [4.78, 5) is 15.9. The first-order chi connectivity index (χ1) is 11.3. The summed E-state index contributed by atoms with van der Waals surface area (Å²) in [5.74, 6) is 0.0905. The molecule has 0 fully saturated rings. The van der Waals surface area contributed by atoms with Crippen LogP contribution in [0, 0.1) is 0 Å². The van der Waals surface area contributed by atoms with Crippen LogP contribution in [0.2, 0.25) is 0 Å². The number of rotatable bonds is 3. The molecule has 2 aromatic carbocycles. The number of benzene rings is 2. The Labute approximate surface area is 135 Å². The predicted molar refractivity (Wildman–Crippen MR) is 92.3 cm³/mol. The molecule has 116 valence electrons. The fourth-order valence-electron chi connectivity index (χ4n) is 3.59. The minimum atomic E-state index is 0.0905. The monoisotopic (exact) mass is 304 g/mol. The number of carbonyl (C=O) groups is 1. The third kappa shape index (κ3) is 2.74. The van der Waals surface area contributed by atoms with Crippen molar-refractivity contribution in [2.75, 3.05) is 0 Å². The standard InChI is InChI=1S/C20H20N2O/c23-19(13-14-7-2-1-3-8-14)21-18-12-6-10-16-15-9-4-5-11-17(15)22-20(16)18/h1-5,7-9,11,18,22H,6,10,12-13H2,(H,21,23)/t18-/m1/s1. The van der Waals surface area contributed by atoms with Crippen LogP contribution in [0.5, 0.6) is 0 Å². The van der Waals surface area contributed by atoms with Crippen LogP contribution in [-0.4, -0.2) is 10.9 Å². The fourth-order valence-corrected chi connectivity index (χ4v) is 3.59. The number of para-hydroxylation sites is 1. The van der Waals surface area contributed by atoms with E-state index in [4.69, 9.17) is 0 Å². The molecule has 0 aliphatic heterocycles. The Morgan fingerprint density at radius 1 is 1.09 bits per heavy atom. The van der Waals surface area contributed by atoms with Gasteiger partial charge in [0.2, 0.25) is 5.91 Å². The summed E-state index contributed by atoms with van der Waals surface area (Å²) in [7, 11) is 0. The molecule has 1 aromatic heterocycles. The molecule has 3 aromatic rings. The molecule has 1 atom stereocenters. The molecular weight excluding hydrogens is 284 g/mol. The zero-order valence-corrected chi connectivity index (χ0v) is 13.0. The van der Waals surface area contributed by atoms with Crippen molar-refractivity contribution in [3.63, 3.8) is 0 Å². The molecule has 3 nitrogen and oxygen atoms in total. The van der Waals surface area contributed by atoms with Gasteiger partial charge in [-0.3, -0.25) is 4.79 Å². The van der Waals surface area contributed by atoms with Crippen LogP contribution in [-0.2, 0) is 17.6 Å². The summed E-state index contributed by atoms with van der Waals surface area (Å²) >= 11 is 0. The molecule has 0 unspecified atom stereocenters. The molecule has 1 aliphatic carbocycles. The van der Waals surface area contributed by atoms with Gasteiger partial charge in [0.25, 0.3) is 0 Å². The number of H-pyrrole nitrogens is 1. The maximum atomic E-state index is 12.4. The number of hydrogen-bond acceptors (Lipinski definition) is 1. The zero-order valence-electron chi connectivity index (χ0n) is 13.0. The fraction of sp³-hybridized carbons (Fsp3) is 0.250. The second kappa shape index (κ2) is 5.92. The van der Waals surface area contributed by atoms with E-state index in [-0.39, 0.29) is 11.9 Å². The smallest absolute Gasteiger partial charge is 0.224 e. The van der Waals surface area contributed by atoms with E-state index in [0.29, 0.717) is 6.42 Å². The lowest BCUT2D eigenvalue weighted by Gasteiger charge is -2.24. The Hall–Kier alpha value is -2.55. The van der Waals surface area contributed by atoms with E-state index in [0.717, 1.165) is 24.8 Å². The summed E-state index contributed by atoms with van der Waals surface area (Å²) in [6.07, 6.45) is 3.64. The second-order valence-electron chi connectivity index (χ2n) is 6.24. The predicted octanol–water partition coefficient (Wildman–Crippen LogP) is 3.90. The van der Waals surface area contributed by atoms with Gasteiger partial charge in [-0.05, 0) is 36.5 Å². The highest BCUT2D eigenvalue weighted by Gasteiger charge is 2.25. The first kappa shape index (κ1) is 14.1. The Balaban J connectivity index is 1.56. The zero-order chi connectivity index (χ0) is 15.6. The number of carbonyl (C=O) groups excluding carboxylic acids is 1. The van der Waals surface area contributed by atoms with Crippen molar-refractivity contribution in [1.82, 2.24) is 10.3 Å². The van der Waals surface area contributed by atoms with E-state index in [1.54, 1.807) is 0 Å². The first-order valence-electron chi connectivity index (χ1n) is 8.24. The van der Waals surface area contributed by atoms with Gasteiger partial charge in [0.15, 0.2) is 0 Å². The van der Waals surface area contributed by atoms with Crippen LogP contribution in [0.3, 0.4) is 0 Å². The Kier molecular flexibility index (Phi) is 3.62. The summed E-state index contributed by atoms with van der Waals surface area (Å²) in [5, 5.41) is 4.51. The van der Waals surface area contributed by atoms with Crippen molar-refractivity contribution in [3.8, 4) is 0 Å². The van der Waals surface area contributed by atoms with Gasteiger partial charge in [-0.1, -0.05) is 48.5 Å². The van der Waals surface area contributed by atoms with Crippen LogP contribution in [0.4, 0.5) is 0 Å². The minimum absolute atomic E-state index is 0.0905. The summed E-state index contributed by atoms with van der Waals surface area (Å²) in [6, 6.07) is 18.4. The molecule has 0 saturated carbocycles. The van der Waals surface area contributed by atoms with Crippen LogP contribution in [0.15, 0.2) is 54.6 Å². The van der Waals surface area contributed by atoms with Crippen molar-refractivity contribution >= 4 is 16.8 Å². The van der Waals surface area contributed by atoms with Gasteiger partial charge in [-0.2, -0.15) is 0 Å². The third-order valence-electron chi connectivity index (χ3n) is 4.66. The number of aryl methyl sites for hydroxylation is 1. The number of aromatic amines is 1. The molecular formula is C20H20N2O. The molecule has 1 aliphatic rings. The van der Waals surface area contributed by atoms with Gasteiger partial charge >= 0.3 is 0 Å². The highest BCUT2D eigenvalue weighted by atomic mass is 16.1. The number of amides is 1. The molecule has 2 N–H and O–H groups in total. The van der Waals surface area contributed by atoms with E-state index >= 15 is 0 Å². The lowest BCUT2D eigenvalue weighted by atomic mass is 9.91. The number of hydrogen-bond donors (Lipinski definition) is 2. The Morgan fingerprint density at radius 3 is 2.74 bits per heavy atom. The highest BCUT2D eigenvalue weighted by Crippen LogP contribution is 2.34. The van der Waals surface area contributed by atoms with Crippen molar-refractivity contribution in [3.05, 3.63) is 71.4 Å². The number of aromatic nitrogens is 1. The van der Waals surface area contributed by atoms with Crippen molar-refractivity contribution in [2.24, 2.45) is 0 Å². The van der Waals surface area contributed by atoms with Crippen LogP contribution in [0.25, 0.3) is 10.9 Å². The molecule has 0 radical (unpaired) electrons. The average molecular weight is 304 g/mol. The van der Waals surface area contributed by atoms with Gasteiger partial charge in [-0.15, -0.1) is 0 Å². The van der Waals surface area contributed by atoms with E-state index in [9.17, 15) is 4.79 Å². The van der Waals surface area contributed by atoms with E-state index in [1.807, 2.05) is 36.4 Å². The van der Waals surface area contributed by atoms with Crippen LogP contribution >= 0.6 is 0 Å². The maximum absolute atomic E-state index is 12.4.